The lowest BCUT2D eigenvalue weighted by atomic mass is 9.99. The van der Waals surface area contributed by atoms with Crippen molar-refractivity contribution in [2.24, 2.45) is 5.92 Å². The Kier molecular flexibility index (Phi) is 7.70. The normalized spacial score (nSPS) is 12.7. The zero-order chi connectivity index (χ0) is 21.4. The van der Waals surface area contributed by atoms with Crippen LogP contribution in [0.2, 0.25) is 0 Å². The molecule has 1 N–H and O–H groups in total. The number of hydrogen-bond acceptors (Lipinski definition) is 8. The Morgan fingerprint density at radius 2 is 1.93 bits per heavy atom. The summed E-state index contributed by atoms with van der Waals surface area (Å²) in [4.78, 5) is 47.6. The number of nitrogens with one attached hydrogen (secondary N) is 1. The van der Waals surface area contributed by atoms with Gasteiger partial charge < -0.3 is 19.2 Å². The molecule has 2 unspecified atom stereocenters. The van der Waals surface area contributed by atoms with Crippen LogP contribution < -0.4 is 11.1 Å². The van der Waals surface area contributed by atoms with Crippen molar-refractivity contribution in [1.29, 1.82) is 0 Å². The van der Waals surface area contributed by atoms with Gasteiger partial charge in [0.25, 0.3) is 5.91 Å². The summed E-state index contributed by atoms with van der Waals surface area (Å²) in [6, 6.07) is 7.86. The molecule has 1 aromatic carbocycles. The van der Waals surface area contributed by atoms with Gasteiger partial charge in [-0.1, -0.05) is 38.5 Å². The van der Waals surface area contributed by atoms with E-state index in [9.17, 15) is 19.2 Å². The third-order valence-corrected chi connectivity index (χ3v) is 4.25. The van der Waals surface area contributed by atoms with Crippen molar-refractivity contribution in [2.45, 2.75) is 32.9 Å². The average molecular weight is 405 g/mol. The van der Waals surface area contributed by atoms with E-state index in [1.165, 1.54) is 7.11 Å². The number of amides is 1. The van der Waals surface area contributed by atoms with Crippen LogP contribution in [0.15, 0.2) is 39.5 Å². The van der Waals surface area contributed by atoms with Crippen molar-refractivity contribution in [3.63, 3.8) is 0 Å². The van der Waals surface area contributed by atoms with Gasteiger partial charge in [-0.25, -0.2) is 9.59 Å². The number of ether oxygens (including phenoxy) is 2. The molecule has 156 valence electrons. The number of hydrogen-bond donors (Lipinski definition) is 1. The maximum absolute atomic E-state index is 12.0. The molecule has 0 saturated heterocycles. The van der Waals surface area contributed by atoms with Crippen LogP contribution in [0.25, 0.3) is 11.5 Å². The zero-order valence-electron chi connectivity index (χ0n) is 16.4. The standard InChI is InChI=1S/C19H23N3O7/c1-4-12(2)16(18(25)27-3)20-14(23)11-28-15(24)10-22-19(26)29-17(21-22)13-8-6-5-7-9-13/h5-9,12,16H,4,10-11H2,1-3H3,(H,20,23). The first-order valence-electron chi connectivity index (χ1n) is 9.01. The summed E-state index contributed by atoms with van der Waals surface area (Å²) in [5.74, 6) is -3.02. The number of methoxy groups -OCH3 is 1. The molecule has 0 saturated carbocycles. The minimum atomic E-state index is -0.853. The quantitative estimate of drug-likeness (QED) is 0.605. The van der Waals surface area contributed by atoms with Gasteiger partial charge in [0.15, 0.2) is 6.61 Å². The Balaban J connectivity index is 1.91. The van der Waals surface area contributed by atoms with Crippen LogP contribution in [-0.2, 0) is 30.4 Å². The molecule has 0 spiro atoms. The Morgan fingerprint density at radius 3 is 2.55 bits per heavy atom. The number of benzene rings is 1. The number of esters is 2. The summed E-state index contributed by atoms with van der Waals surface area (Å²) in [6.45, 7) is 2.52. The fourth-order valence-corrected chi connectivity index (χ4v) is 2.43. The third-order valence-electron chi connectivity index (χ3n) is 4.25. The van der Waals surface area contributed by atoms with E-state index in [2.05, 4.69) is 15.2 Å². The smallest absolute Gasteiger partial charge is 0.437 e. The van der Waals surface area contributed by atoms with Crippen LogP contribution in [0.5, 0.6) is 0 Å². The molecule has 2 rings (SSSR count). The molecule has 0 bridgehead atoms. The van der Waals surface area contributed by atoms with Gasteiger partial charge in [-0.2, -0.15) is 4.68 Å². The molecule has 1 heterocycles. The highest BCUT2D eigenvalue weighted by Crippen LogP contribution is 2.14. The molecule has 0 aliphatic rings. The minimum absolute atomic E-state index is 0.0654. The molecule has 0 radical (unpaired) electrons. The Morgan fingerprint density at radius 1 is 1.24 bits per heavy atom. The topological polar surface area (TPSA) is 130 Å². The Bertz CT molecular complexity index is 904. The Hall–Kier alpha value is -3.43. The van der Waals surface area contributed by atoms with Crippen molar-refractivity contribution in [1.82, 2.24) is 15.1 Å². The van der Waals surface area contributed by atoms with Gasteiger partial charge in [0.1, 0.15) is 12.6 Å². The fourth-order valence-electron chi connectivity index (χ4n) is 2.43. The molecule has 10 heteroatoms. The summed E-state index contributed by atoms with van der Waals surface area (Å²) in [5.41, 5.74) is 0.579. The molecule has 10 nitrogen and oxygen atoms in total. The first-order chi connectivity index (χ1) is 13.8. The molecule has 0 fully saturated rings. The number of nitrogens with zero attached hydrogens (tertiary/aromatic N) is 2. The third kappa shape index (κ3) is 6.03. The van der Waals surface area contributed by atoms with E-state index in [1.807, 2.05) is 6.92 Å². The summed E-state index contributed by atoms with van der Waals surface area (Å²) < 4.78 is 15.4. The predicted octanol–water partition coefficient (Wildman–Crippen LogP) is 0.750. The second-order valence-electron chi connectivity index (χ2n) is 6.31. The monoisotopic (exact) mass is 405 g/mol. The summed E-state index contributed by atoms with van der Waals surface area (Å²) in [6.07, 6.45) is 0.638. The highest BCUT2D eigenvalue weighted by Gasteiger charge is 2.27. The number of carbonyl (C=O) groups is 3. The highest BCUT2D eigenvalue weighted by atomic mass is 16.5. The molecule has 1 aromatic heterocycles. The van der Waals surface area contributed by atoms with Gasteiger partial charge >= 0.3 is 17.7 Å². The lowest BCUT2D eigenvalue weighted by Gasteiger charge is -2.21. The van der Waals surface area contributed by atoms with Gasteiger partial charge in [0, 0.05) is 5.56 Å². The van der Waals surface area contributed by atoms with Crippen LogP contribution in [0.1, 0.15) is 20.3 Å². The number of aromatic nitrogens is 2. The molecule has 2 atom stereocenters. The van der Waals surface area contributed by atoms with E-state index in [1.54, 1.807) is 37.3 Å². The molecule has 0 aliphatic carbocycles. The zero-order valence-corrected chi connectivity index (χ0v) is 16.4. The molecule has 29 heavy (non-hydrogen) atoms. The maximum Gasteiger partial charge on any atom is 0.437 e. The summed E-state index contributed by atoms with van der Waals surface area (Å²) >= 11 is 0. The van der Waals surface area contributed by atoms with E-state index in [0.717, 1.165) is 4.68 Å². The van der Waals surface area contributed by atoms with E-state index in [0.29, 0.717) is 12.0 Å². The second-order valence-corrected chi connectivity index (χ2v) is 6.31. The number of carbonyl (C=O) groups excluding carboxylic acids is 3. The van der Waals surface area contributed by atoms with Crippen LogP contribution in [0, 0.1) is 5.92 Å². The first kappa shape index (κ1) is 21.9. The molecule has 0 aliphatic heterocycles. The lowest BCUT2D eigenvalue weighted by Crippen LogP contribution is -2.47. The van der Waals surface area contributed by atoms with Crippen molar-refractivity contribution in [2.75, 3.05) is 13.7 Å². The fraction of sp³-hybridized carbons (Fsp3) is 0.421. The largest absolute Gasteiger partial charge is 0.467 e. The second kappa shape index (κ2) is 10.2. The minimum Gasteiger partial charge on any atom is -0.467 e. The van der Waals surface area contributed by atoms with Crippen LogP contribution in [0.4, 0.5) is 0 Å². The SMILES string of the molecule is CCC(C)C(NC(=O)COC(=O)Cn1nc(-c2ccccc2)oc1=O)C(=O)OC. The molecule has 1 amide bonds. The highest BCUT2D eigenvalue weighted by molar-refractivity contribution is 5.86. The molecule has 2 aromatic rings. The predicted molar refractivity (Wildman–Crippen MR) is 101 cm³/mol. The van der Waals surface area contributed by atoms with Gasteiger partial charge in [-0.3, -0.25) is 9.59 Å². The van der Waals surface area contributed by atoms with Crippen molar-refractivity contribution in [3.8, 4) is 11.5 Å². The maximum atomic E-state index is 12.0. The summed E-state index contributed by atoms with van der Waals surface area (Å²) in [5, 5.41) is 6.42. The van der Waals surface area contributed by atoms with Gasteiger partial charge in [0.05, 0.1) is 7.11 Å². The van der Waals surface area contributed by atoms with Crippen LogP contribution in [-0.4, -0.2) is 47.4 Å². The average Bonchev–Trinajstić information content (AvgIpc) is 3.10. The van der Waals surface area contributed by atoms with E-state index < -0.39 is 42.8 Å². The summed E-state index contributed by atoms with van der Waals surface area (Å²) in [7, 11) is 1.23. The number of rotatable bonds is 9. The van der Waals surface area contributed by atoms with E-state index in [4.69, 9.17) is 9.15 Å². The van der Waals surface area contributed by atoms with Gasteiger partial charge in [-0.15, -0.1) is 5.10 Å². The van der Waals surface area contributed by atoms with Gasteiger partial charge in [0.2, 0.25) is 5.89 Å². The Labute approximate surface area is 166 Å². The molecular formula is C19H23N3O7. The lowest BCUT2D eigenvalue weighted by molar-refractivity contribution is -0.151. The van der Waals surface area contributed by atoms with E-state index >= 15 is 0 Å². The first-order valence-corrected chi connectivity index (χ1v) is 9.01. The van der Waals surface area contributed by atoms with Gasteiger partial charge in [-0.05, 0) is 18.1 Å². The van der Waals surface area contributed by atoms with Crippen molar-refractivity contribution >= 4 is 17.8 Å². The van der Waals surface area contributed by atoms with Crippen LogP contribution in [0.3, 0.4) is 0 Å². The van der Waals surface area contributed by atoms with Crippen LogP contribution >= 0.6 is 0 Å². The molecular weight excluding hydrogens is 382 g/mol. The van der Waals surface area contributed by atoms with E-state index in [-0.39, 0.29) is 11.8 Å². The van der Waals surface area contributed by atoms with Crippen molar-refractivity contribution in [3.05, 3.63) is 40.9 Å². The van der Waals surface area contributed by atoms with Crippen molar-refractivity contribution < 1.29 is 28.3 Å².